The first-order chi connectivity index (χ1) is 6.15. The van der Waals surface area contributed by atoms with E-state index in [0.717, 1.165) is 6.54 Å². The molecular weight excluding hydrogens is 168 g/mol. The number of ether oxygens (including phenoxy) is 1. The Hall–Kier alpha value is -0.610. The van der Waals surface area contributed by atoms with Crippen LogP contribution in [-0.4, -0.2) is 49.7 Å². The summed E-state index contributed by atoms with van der Waals surface area (Å²) >= 11 is 0. The minimum Gasteiger partial charge on any atom is -0.366 e. The second kappa shape index (κ2) is 4.58. The van der Waals surface area contributed by atoms with E-state index in [-0.39, 0.29) is 12.0 Å². The molecule has 1 aliphatic heterocycles. The minimum atomic E-state index is -0.291. The van der Waals surface area contributed by atoms with Crippen molar-refractivity contribution in [3.63, 3.8) is 0 Å². The predicted molar refractivity (Wildman–Crippen MR) is 50.5 cm³/mol. The number of carbonyl (C=O) groups is 1. The first-order valence-electron chi connectivity index (χ1n) is 4.72. The van der Waals surface area contributed by atoms with E-state index in [9.17, 15) is 4.79 Å². The lowest BCUT2D eigenvalue weighted by atomic mass is 10.2. The summed E-state index contributed by atoms with van der Waals surface area (Å²) in [4.78, 5) is 13.5. The van der Waals surface area contributed by atoms with E-state index in [1.165, 1.54) is 0 Å². The number of morpholine rings is 1. The molecule has 1 aliphatic rings. The Bertz CT molecular complexity index is 182. The summed E-state index contributed by atoms with van der Waals surface area (Å²) in [6.45, 7) is 6.54. The molecule has 1 N–H and O–H groups in total. The molecule has 0 aliphatic carbocycles. The van der Waals surface area contributed by atoms with Crippen LogP contribution in [0.25, 0.3) is 0 Å². The molecule has 76 valence electrons. The molecule has 4 heteroatoms. The van der Waals surface area contributed by atoms with Gasteiger partial charge < -0.3 is 10.1 Å². The van der Waals surface area contributed by atoms with E-state index in [4.69, 9.17) is 4.74 Å². The van der Waals surface area contributed by atoms with E-state index < -0.39 is 0 Å². The Morgan fingerprint density at radius 3 is 2.85 bits per heavy atom. The molecule has 0 aromatic rings. The first kappa shape index (κ1) is 10.5. The van der Waals surface area contributed by atoms with Gasteiger partial charge in [-0.15, -0.1) is 0 Å². The molecule has 1 saturated heterocycles. The zero-order valence-corrected chi connectivity index (χ0v) is 8.54. The van der Waals surface area contributed by atoms with E-state index in [1.54, 1.807) is 7.05 Å². The lowest BCUT2D eigenvalue weighted by Gasteiger charge is -2.34. The van der Waals surface area contributed by atoms with Crippen LogP contribution >= 0.6 is 0 Å². The normalized spacial score (nSPS) is 24.8. The van der Waals surface area contributed by atoms with Gasteiger partial charge in [-0.2, -0.15) is 0 Å². The average molecular weight is 186 g/mol. The van der Waals surface area contributed by atoms with Crippen molar-refractivity contribution in [2.75, 3.05) is 26.7 Å². The largest absolute Gasteiger partial charge is 0.366 e. The topological polar surface area (TPSA) is 41.6 Å². The fraction of sp³-hybridized carbons (Fsp3) is 0.889. The summed E-state index contributed by atoms with van der Waals surface area (Å²) in [7, 11) is 1.64. The highest BCUT2D eigenvalue weighted by atomic mass is 16.5. The van der Waals surface area contributed by atoms with Gasteiger partial charge in [0.05, 0.1) is 6.61 Å². The summed E-state index contributed by atoms with van der Waals surface area (Å²) in [5.41, 5.74) is 0. The molecule has 0 aromatic carbocycles. The molecule has 0 aromatic heterocycles. The van der Waals surface area contributed by atoms with Gasteiger partial charge >= 0.3 is 0 Å². The van der Waals surface area contributed by atoms with Crippen LogP contribution in [0.1, 0.15) is 13.8 Å². The number of carbonyl (C=O) groups excluding carboxylic acids is 1. The zero-order chi connectivity index (χ0) is 9.84. The van der Waals surface area contributed by atoms with Crippen molar-refractivity contribution >= 4 is 5.91 Å². The molecule has 0 unspecified atom stereocenters. The minimum absolute atomic E-state index is 0.0228. The number of hydrogen-bond acceptors (Lipinski definition) is 3. The number of rotatable bonds is 2. The smallest absolute Gasteiger partial charge is 0.250 e. The summed E-state index contributed by atoms with van der Waals surface area (Å²) in [5.74, 6) is -0.0228. The average Bonchev–Trinajstić information content (AvgIpc) is 2.17. The molecule has 0 saturated carbocycles. The van der Waals surface area contributed by atoms with Crippen LogP contribution in [0.15, 0.2) is 0 Å². The van der Waals surface area contributed by atoms with Crippen molar-refractivity contribution in [2.24, 2.45) is 0 Å². The van der Waals surface area contributed by atoms with E-state index >= 15 is 0 Å². The molecular formula is C9H18N2O2. The van der Waals surface area contributed by atoms with Gasteiger partial charge in [0.15, 0.2) is 0 Å². The molecule has 1 amide bonds. The SMILES string of the molecule is CNC(=O)[C@@H]1CN(C(C)C)CCO1. The Kier molecular flexibility index (Phi) is 3.69. The van der Waals surface area contributed by atoms with Crippen molar-refractivity contribution in [2.45, 2.75) is 26.0 Å². The second-order valence-corrected chi connectivity index (χ2v) is 3.56. The van der Waals surface area contributed by atoms with Crippen LogP contribution in [0, 0.1) is 0 Å². The Morgan fingerprint density at radius 1 is 1.62 bits per heavy atom. The zero-order valence-electron chi connectivity index (χ0n) is 8.54. The molecule has 1 heterocycles. The Balaban J connectivity index is 2.46. The number of likely N-dealkylation sites (N-methyl/N-ethyl adjacent to an activating group) is 1. The highest BCUT2D eigenvalue weighted by molar-refractivity contribution is 5.80. The molecule has 4 nitrogen and oxygen atoms in total. The third kappa shape index (κ3) is 2.67. The third-order valence-corrected chi connectivity index (χ3v) is 2.37. The van der Waals surface area contributed by atoms with Gasteiger partial charge in [-0.05, 0) is 13.8 Å². The van der Waals surface area contributed by atoms with Gasteiger partial charge in [-0.25, -0.2) is 0 Å². The number of nitrogens with one attached hydrogen (secondary N) is 1. The summed E-state index contributed by atoms with van der Waals surface area (Å²) in [6, 6.07) is 0.482. The molecule has 1 atom stereocenters. The van der Waals surface area contributed by atoms with Gasteiger partial charge in [0.1, 0.15) is 6.10 Å². The monoisotopic (exact) mass is 186 g/mol. The van der Waals surface area contributed by atoms with Crippen LogP contribution in [0.4, 0.5) is 0 Å². The second-order valence-electron chi connectivity index (χ2n) is 3.56. The standard InChI is InChI=1S/C9H18N2O2/c1-7(2)11-4-5-13-8(6-11)9(12)10-3/h7-8H,4-6H2,1-3H3,(H,10,12)/t8-/m0/s1. The van der Waals surface area contributed by atoms with Crippen molar-refractivity contribution in [3.05, 3.63) is 0 Å². The van der Waals surface area contributed by atoms with Crippen LogP contribution in [0.3, 0.4) is 0 Å². The van der Waals surface area contributed by atoms with E-state index in [0.29, 0.717) is 19.2 Å². The number of nitrogens with zero attached hydrogens (tertiary/aromatic N) is 1. The molecule has 0 spiro atoms. The van der Waals surface area contributed by atoms with Crippen LogP contribution in [0.2, 0.25) is 0 Å². The molecule has 1 fully saturated rings. The summed E-state index contributed by atoms with van der Waals surface area (Å²) in [6.07, 6.45) is -0.291. The molecule has 0 radical (unpaired) electrons. The van der Waals surface area contributed by atoms with Crippen LogP contribution in [0.5, 0.6) is 0 Å². The number of hydrogen-bond donors (Lipinski definition) is 1. The Morgan fingerprint density at radius 2 is 2.31 bits per heavy atom. The summed E-state index contributed by atoms with van der Waals surface area (Å²) < 4.78 is 5.36. The fourth-order valence-corrected chi connectivity index (χ4v) is 1.46. The highest BCUT2D eigenvalue weighted by Gasteiger charge is 2.26. The van der Waals surface area contributed by atoms with Crippen molar-refractivity contribution in [1.82, 2.24) is 10.2 Å². The highest BCUT2D eigenvalue weighted by Crippen LogP contribution is 2.08. The third-order valence-electron chi connectivity index (χ3n) is 2.37. The van der Waals surface area contributed by atoms with Crippen LogP contribution < -0.4 is 5.32 Å². The maximum absolute atomic E-state index is 11.3. The molecule has 1 rings (SSSR count). The maximum Gasteiger partial charge on any atom is 0.250 e. The lowest BCUT2D eigenvalue weighted by Crippen LogP contribution is -2.51. The van der Waals surface area contributed by atoms with E-state index in [1.807, 2.05) is 0 Å². The van der Waals surface area contributed by atoms with Gasteiger partial charge in [-0.3, -0.25) is 9.69 Å². The van der Waals surface area contributed by atoms with Crippen molar-refractivity contribution in [3.8, 4) is 0 Å². The van der Waals surface area contributed by atoms with E-state index in [2.05, 4.69) is 24.1 Å². The van der Waals surface area contributed by atoms with Gasteiger partial charge in [0.25, 0.3) is 0 Å². The van der Waals surface area contributed by atoms with Gasteiger partial charge in [0, 0.05) is 26.2 Å². The maximum atomic E-state index is 11.3. The Labute approximate surface area is 79.2 Å². The molecule has 0 bridgehead atoms. The van der Waals surface area contributed by atoms with Gasteiger partial charge in [-0.1, -0.05) is 0 Å². The number of amides is 1. The summed E-state index contributed by atoms with van der Waals surface area (Å²) in [5, 5.41) is 2.60. The quantitative estimate of drug-likeness (QED) is 0.651. The fourth-order valence-electron chi connectivity index (χ4n) is 1.46. The lowest BCUT2D eigenvalue weighted by molar-refractivity contribution is -0.138. The van der Waals surface area contributed by atoms with Crippen molar-refractivity contribution in [1.29, 1.82) is 0 Å². The molecule has 13 heavy (non-hydrogen) atoms. The predicted octanol–water partition coefficient (Wildman–Crippen LogP) is -0.158. The first-order valence-corrected chi connectivity index (χ1v) is 4.72. The van der Waals surface area contributed by atoms with Crippen LogP contribution in [-0.2, 0) is 9.53 Å². The van der Waals surface area contributed by atoms with Crippen molar-refractivity contribution < 1.29 is 9.53 Å². The van der Waals surface area contributed by atoms with Gasteiger partial charge in [0.2, 0.25) is 5.91 Å².